The van der Waals surface area contributed by atoms with Gasteiger partial charge in [-0.1, -0.05) is 18.2 Å². The number of rotatable bonds is 5. The maximum absolute atomic E-state index is 13.0. The zero-order valence-corrected chi connectivity index (χ0v) is 21.1. The van der Waals surface area contributed by atoms with E-state index < -0.39 is 11.9 Å². The first-order valence-corrected chi connectivity index (χ1v) is 13.2. The summed E-state index contributed by atoms with van der Waals surface area (Å²) in [5.74, 6) is -0.0570. The van der Waals surface area contributed by atoms with Crippen LogP contribution in [0.5, 0.6) is 5.75 Å². The van der Waals surface area contributed by atoms with Crippen molar-refractivity contribution in [3.8, 4) is 17.0 Å². The minimum Gasteiger partial charge on any atom is -0.508 e. The first-order chi connectivity index (χ1) is 18.4. The Morgan fingerprint density at radius 2 is 1.82 bits per heavy atom. The average molecular weight is 511 g/mol. The van der Waals surface area contributed by atoms with Crippen molar-refractivity contribution in [2.75, 3.05) is 13.1 Å². The highest BCUT2D eigenvalue weighted by atomic mass is 16.3. The molecule has 0 spiro atoms. The highest BCUT2D eigenvalue weighted by Crippen LogP contribution is 2.32. The third-order valence-electron chi connectivity index (χ3n) is 7.98. The number of imide groups is 1. The SMILES string of the molecule is O=C1CCC(N2Cc3cc(-c4cc(CN5CCC(c6cccc(O)c6)CC5)ccn4)ccc3C2=O)C(=O)N1. The molecule has 2 aromatic carbocycles. The number of nitrogens with zero attached hydrogens (tertiary/aromatic N) is 3. The second-order valence-electron chi connectivity index (χ2n) is 10.5. The molecule has 1 aromatic heterocycles. The van der Waals surface area contributed by atoms with Gasteiger partial charge < -0.3 is 10.0 Å². The molecule has 8 heteroatoms. The zero-order chi connectivity index (χ0) is 26.2. The van der Waals surface area contributed by atoms with E-state index in [9.17, 15) is 19.5 Å². The molecule has 38 heavy (non-hydrogen) atoms. The molecule has 3 amide bonds. The van der Waals surface area contributed by atoms with Gasteiger partial charge in [0.25, 0.3) is 5.91 Å². The van der Waals surface area contributed by atoms with Gasteiger partial charge in [0.15, 0.2) is 0 Å². The number of nitrogens with one attached hydrogen (secondary N) is 1. The van der Waals surface area contributed by atoms with Crippen molar-refractivity contribution in [2.24, 2.45) is 0 Å². The van der Waals surface area contributed by atoms with E-state index in [4.69, 9.17) is 0 Å². The van der Waals surface area contributed by atoms with Crippen LogP contribution in [0.2, 0.25) is 0 Å². The van der Waals surface area contributed by atoms with E-state index in [1.807, 2.05) is 42.6 Å². The smallest absolute Gasteiger partial charge is 0.255 e. The summed E-state index contributed by atoms with van der Waals surface area (Å²) in [6.07, 6.45) is 4.55. The topological polar surface area (TPSA) is 103 Å². The van der Waals surface area contributed by atoms with Crippen LogP contribution in [0, 0.1) is 0 Å². The number of benzene rings is 2. The Bertz CT molecular complexity index is 1410. The molecule has 3 aliphatic heterocycles. The highest BCUT2D eigenvalue weighted by molar-refractivity contribution is 6.05. The van der Waals surface area contributed by atoms with E-state index in [1.54, 1.807) is 11.0 Å². The molecule has 0 aliphatic carbocycles. The lowest BCUT2D eigenvalue weighted by molar-refractivity contribution is -0.136. The van der Waals surface area contributed by atoms with Crippen LogP contribution >= 0.6 is 0 Å². The number of aromatic hydroxyl groups is 1. The summed E-state index contributed by atoms with van der Waals surface area (Å²) >= 11 is 0. The van der Waals surface area contributed by atoms with Gasteiger partial charge in [-0.3, -0.25) is 29.6 Å². The average Bonchev–Trinajstić information content (AvgIpc) is 3.24. The van der Waals surface area contributed by atoms with Gasteiger partial charge in [-0.2, -0.15) is 0 Å². The molecule has 0 bridgehead atoms. The second kappa shape index (κ2) is 10.0. The minimum atomic E-state index is -0.616. The second-order valence-corrected chi connectivity index (χ2v) is 10.5. The van der Waals surface area contributed by atoms with Gasteiger partial charge in [0.05, 0.1) is 5.69 Å². The standard InChI is InChI=1S/C30H30N4O4/c35-24-3-1-2-21(16-24)20-9-12-33(13-10-20)17-19-8-11-31-26(14-19)22-4-5-25-23(15-22)18-34(30(25)38)27-6-7-28(36)32-29(27)37/h1-5,8,11,14-16,20,27,35H,6-7,9-10,12-13,17-18H2,(H,32,36,37). The van der Waals surface area contributed by atoms with Crippen molar-refractivity contribution in [1.82, 2.24) is 20.1 Å². The van der Waals surface area contributed by atoms with Crippen molar-refractivity contribution in [3.63, 3.8) is 0 Å². The third kappa shape index (κ3) is 4.79. The van der Waals surface area contributed by atoms with Gasteiger partial charge in [-0.15, -0.1) is 0 Å². The predicted octanol–water partition coefficient (Wildman–Crippen LogP) is 3.59. The van der Waals surface area contributed by atoms with E-state index >= 15 is 0 Å². The number of likely N-dealkylation sites (tertiary alicyclic amines) is 1. The molecule has 8 nitrogen and oxygen atoms in total. The van der Waals surface area contributed by atoms with E-state index in [2.05, 4.69) is 27.3 Å². The van der Waals surface area contributed by atoms with Crippen LogP contribution < -0.4 is 5.32 Å². The number of aromatic nitrogens is 1. The van der Waals surface area contributed by atoms with E-state index in [0.29, 0.717) is 30.2 Å². The number of hydrogen-bond acceptors (Lipinski definition) is 6. The number of phenols is 1. The molecule has 1 atom stereocenters. The van der Waals surface area contributed by atoms with E-state index in [0.717, 1.165) is 49.3 Å². The lowest BCUT2D eigenvalue weighted by atomic mass is 9.89. The molecule has 3 aromatic rings. The maximum Gasteiger partial charge on any atom is 0.255 e. The molecule has 2 saturated heterocycles. The largest absolute Gasteiger partial charge is 0.508 e. The molecule has 4 heterocycles. The summed E-state index contributed by atoms with van der Waals surface area (Å²) in [7, 11) is 0. The van der Waals surface area contributed by atoms with Crippen LogP contribution in [-0.4, -0.2) is 56.7 Å². The Morgan fingerprint density at radius 3 is 2.61 bits per heavy atom. The molecule has 6 rings (SSSR count). The summed E-state index contributed by atoms with van der Waals surface area (Å²) in [5, 5.41) is 12.2. The summed E-state index contributed by atoms with van der Waals surface area (Å²) in [6.45, 7) is 3.18. The van der Waals surface area contributed by atoms with Crippen molar-refractivity contribution >= 4 is 17.7 Å². The number of fused-ring (bicyclic) bond motifs is 1. The highest BCUT2D eigenvalue weighted by Gasteiger charge is 2.39. The van der Waals surface area contributed by atoms with Gasteiger partial charge >= 0.3 is 0 Å². The molecule has 2 N–H and O–H groups in total. The van der Waals surface area contributed by atoms with E-state index in [-0.39, 0.29) is 18.2 Å². The Morgan fingerprint density at radius 1 is 0.974 bits per heavy atom. The van der Waals surface area contributed by atoms with Gasteiger partial charge in [0, 0.05) is 36.8 Å². The molecule has 3 aliphatic rings. The van der Waals surface area contributed by atoms with Crippen LogP contribution in [0.25, 0.3) is 11.3 Å². The van der Waals surface area contributed by atoms with Crippen LogP contribution in [-0.2, 0) is 22.7 Å². The zero-order valence-electron chi connectivity index (χ0n) is 21.1. The fourth-order valence-corrected chi connectivity index (χ4v) is 5.93. The normalized spacial score (nSPS) is 20.5. The molecule has 0 saturated carbocycles. The Kier molecular flexibility index (Phi) is 6.41. The Labute approximate surface area is 221 Å². The Hall–Kier alpha value is -4.04. The Balaban J connectivity index is 1.12. The monoisotopic (exact) mass is 510 g/mol. The van der Waals surface area contributed by atoms with Crippen molar-refractivity contribution in [3.05, 3.63) is 83.0 Å². The quantitative estimate of drug-likeness (QED) is 0.509. The number of pyridine rings is 1. The van der Waals surface area contributed by atoms with Crippen LogP contribution in [0.1, 0.15) is 58.6 Å². The van der Waals surface area contributed by atoms with E-state index in [1.165, 1.54) is 11.1 Å². The number of hydrogen-bond donors (Lipinski definition) is 2. The van der Waals surface area contributed by atoms with Gasteiger partial charge in [-0.05, 0) is 91.4 Å². The van der Waals surface area contributed by atoms with Crippen LogP contribution in [0.4, 0.5) is 0 Å². The van der Waals surface area contributed by atoms with Gasteiger partial charge in [0.1, 0.15) is 11.8 Å². The number of piperidine rings is 2. The number of phenolic OH excluding ortho intramolecular Hbond substituents is 1. The fourth-order valence-electron chi connectivity index (χ4n) is 5.93. The molecule has 0 radical (unpaired) electrons. The van der Waals surface area contributed by atoms with Crippen LogP contribution in [0.3, 0.4) is 0 Å². The molecule has 2 fully saturated rings. The first kappa shape index (κ1) is 24.3. The lowest BCUT2D eigenvalue weighted by Gasteiger charge is -2.32. The maximum atomic E-state index is 13.0. The first-order valence-electron chi connectivity index (χ1n) is 13.2. The molecular formula is C30H30N4O4. The van der Waals surface area contributed by atoms with Gasteiger partial charge in [0.2, 0.25) is 11.8 Å². The van der Waals surface area contributed by atoms with Crippen molar-refractivity contribution < 1.29 is 19.5 Å². The molecular weight excluding hydrogens is 480 g/mol. The summed E-state index contributed by atoms with van der Waals surface area (Å²) in [6, 6.07) is 16.9. The molecule has 194 valence electrons. The van der Waals surface area contributed by atoms with Crippen molar-refractivity contribution in [1.29, 1.82) is 0 Å². The lowest BCUT2D eigenvalue weighted by Crippen LogP contribution is -2.52. The number of carbonyl (C=O) groups is 3. The summed E-state index contributed by atoms with van der Waals surface area (Å²) < 4.78 is 0. The van der Waals surface area contributed by atoms with Gasteiger partial charge in [-0.25, -0.2) is 0 Å². The van der Waals surface area contributed by atoms with Crippen molar-refractivity contribution in [2.45, 2.75) is 50.7 Å². The third-order valence-corrected chi connectivity index (χ3v) is 7.98. The van der Waals surface area contributed by atoms with Crippen LogP contribution in [0.15, 0.2) is 60.8 Å². The summed E-state index contributed by atoms with van der Waals surface area (Å²) in [4.78, 5) is 45.5. The number of amides is 3. The molecule has 1 unspecified atom stereocenters. The fraction of sp³-hybridized carbons (Fsp3) is 0.333. The predicted molar refractivity (Wildman–Crippen MR) is 141 cm³/mol. The number of carbonyl (C=O) groups excluding carboxylic acids is 3. The minimum absolute atomic E-state index is 0.170. The summed E-state index contributed by atoms with van der Waals surface area (Å²) in [5.41, 5.74) is 5.66.